The summed E-state index contributed by atoms with van der Waals surface area (Å²) in [5.74, 6) is -1.50. The summed E-state index contributed by atoms with van der Waals surface area (Å²) in [5, 5.41) is 11.2. The highest BCUT2D eigenvalue weighted by Crippen LogP contribution is 2.28. The fraction of sp³-hybridized carbons (Fsp3) is 0.391. The molecule has 1 aliphatic rings. The topological polar surface area (TPSA) is 82.4 Å². The Labute approximate surface area is 202 Å². The van der Waals surface area contributed by atoms with Gasteiger partial charge in [-0.15, -0.1) is 10.2 Å². The van der Waals surface area contributed by atoms with Crippen LogP contribution < -0.4 is 9.47 Å². The molecule has 1 aromatic carbocycles. The van der Waals surface area contributed by atoms with Crippen LogP contribution in [0.15, 0.2) is 36.4 Å². The molecule has 0 radical (unpaired) electrons. The van der Waals surface area contributed by atoms with E-state index < -0.39 is 23.5 Å². The number of aryl methyl sites for hydroxylation is 1. The second kappa shape index (κ2) is 10.5. The van der Waals surface area contributed by atoms with Crippen molar-refractivity contribution in [1.29, 1.82) is 0 Å². The van der Waals surface area contributed by atoms with Gasteiger partial charge in [0, 0.05) is 43.8 Å². The maximum absolute atomic E-state index is 13.7. The number of carbonyl (C=O) groups is 1. The molecule has 0 saturated carbocycles. The maximum atomic E-state index is 13.7. The number of rotatable bonds is 7. The van der Waals surface area contributed by atoms with Crippen molar-refractivity contribution >= 4 is 5.91 Å². The Morgan fingerprint density at radius 2 is 1.69 bits per heavy atom. The lowest BCUT2D eigenvalue weighted by Crippen LogP contribution is -2.43. The summed E-state index contributed by atoms with van der Waals surface area (Å²) < 4.78 is 78.0. The highest BCUT2D eigenvalue weighted by molar-refractivity contribution is 5.76. The van der Waals surface area contributed by atoms with Crippen LogP contribution in [0.25, 0.3) is 0 Å². The number of hydrogen-bond donors (Lipinski definition) is 0. The van der Waals surface area contributed by atoms with Gasteiger partial charge in [-0.3, -0.25) is 9.48 Å². The van der Waals surface area contributed by atoms with Crippen LogP contribution in [0.3, 0.4) is 0 Å². The predicted molar refractivity (Wildman–Crippen MR) is 115 cm³/mol. The Morgan fingerprint density at radius 1 is 1.06 bits per heavy atom. The molecule has 1 fully saturated rings. The minimum atomic E-state index is -4.57. The van der Waals surface area contributed by atoms with Crippen LogP contribution in [0, 0.1) is 18.6 Å². The van der Waals surface area contributed by atoms with E-state index in [9.17, 15) is 26.7 Å². The maximum Gasteiger partial charge on any atom is 0.435 e. The number of ether oxygens (including phenoxy) is 2. The molecule has 36 heavy (non-hydrogen) atoms. The molecule has 1 amide bonds. The smallest absolute Gasteiger partial charge is 0.435 e. The van der Waals surface area contributed by atoms with E-state index in [1.54, 1.807) is 4.90 Å². The number of piperidine rings is 1. The summed E-state index contributed by atoms with van der Waals surface area (Å²) >= 11 is 0. The van der Waals surface area contributed by atoms with Gasteiger partial charge in [0.15, 0.2) is 5.69 Å². The Bertz CT molecular complexity index is 1190. The molecule has 192 valence electrons. The number of carbonyl (C=O) groups excluding carboxylic acids is 1. The first-order chi connectivity index (χ1) is 17.1. The number of benzene rings is 1. The second-order valence-corrected chi connectivity index (χ2v) is 8.22. The van der Waals surface area contributed by atoms with Crippen molar-refractivity contribution in [3.63, 3.8) is 0 Å². The SMILES string of the molecule is Cc1cc(C(F)(F)F)nn1CC(=O)N1CCC(Oc2ccc(OCc3c(F)cccc3F)nn2)CC1. The Kier molecular flexibility index (Phi) is 7.36. The fourth-order valence-electron chi connectivity index (χ4n) is 3.69. The largest absolute Gasteiger partial charge is 0.473 e. The zero-order valence-corrected chi connectivity index (χ0v) is 19.1. The molecule has 0 bridgehead atoms. The van der Waals surface area contributed by atoms with Crippen LogP contribution in [0.1, 0.15) is 29.8 Å². The number of hydrogen-bond acceptors (Lipinski definition) is 6. The van der Waals surface area contributed by atoms with Crippen molar-refractivity contribution in [2.75, 3.05) is 13.1 Å². The van der Waals surface area contributed by atoms with Gasteiger partial charge in [-0.2, -0.15) is 18.3 Å². The molecule has 0 aliphatic carbocycles. The average molecular weight is 511 g/mol. The Balaban J connectivity index is 1.24. The Hall–Kier alpha value is -3.77. The summed E-state index contributed by atoms with van der Waals surface area (Å²) in [6, 6.07) is 7.39. The molecular weight excluding hydrogens is 489 g/mol. The third-order valence-electron chi connectivity index (χ3n) is 5.68. The summed E-state index contributed by atoms with van der Waals surface area (Å²) in [6.45, 7) is 1.55. The zero-order valence-electron chi connectivity index (χ0n) is 19.1. The van der Waals surface area contributed by atoms with Gasteiger partial charge in [-0.1, -0.05) is 6.07 Å². The standard InChI is InChI=1S/C23H22F5N5O3/c1-14-11-19(23(26,27)28)31-33(14)12-22(34)32-9-7-15(8-10-32)36-21-6-5-20(29-30-21)35-13-16-17(24)3-2-4-18(16)25/h2-6,11,15H,7-10,12-13H2,1H3. The fourth-order valence-corrected chi connectivity index (χ4v) is 3.69. The van der Waals surface area contributed by atoms with E-state index >= 15 is 0 Å². The molecule has 0 unspecified atom stereocenters. The first-order valence-corrected chi connectivity index (χ1v) is 11.1. The van der Waals surface area contributed by atoms with Crippen molar-refractivity contribution in [2.24, 2.45) is 0 Å². The number of likely N-dealkylation sites (tertiary alicyclic amines) is 1. The molecule has 4 rings (SSSR count). The predicted octanol–water partition coefficient (Wildman–Crippen LogP) is 3.93. The normalized spacial score (nSPS) is 14.7. The van der Waals surface area contributed by atoms with Gasteiger partial charge in [0.25, 0.3) is 0 Å². The van der Waals surface area contributed by atoms with Crippen LogP contribution in [0.4, 0.5) is 22.0 Å². The number of halogens is 5. The summed E-state index contributed by atoms with van der Waals surface area (Å²) in [6.07, 6.45) is -3.83. The lowest BCUT2D eigenvalue weighted by molar-refractivity contribution is -0.142. The first-order valence-electron chi connectivity index (χ1n) is 11.1. The summed E-state index contributed by atoms with van der Waals surface area (Å²) in [4.78, 5) is 14.1. The summed E-state index contributed by atoms with van der Waals surface area (Å²) in [7, 11) is 0. The molecule has 0 N–H and O–H groups in total. The number of nitrogens with zero attached hydrogens (tertiary/aromatic N) is 5. The van der Waals surface area contributed by atoms with Gasteiger partial charge in [-0.05, 0) is 25.1 Å². The van der Waals surface area contributed by atoms with Crippen LogP contribution in [0.2, 0.25) is 0 Å². The third-order valence-corrected chi connectivity index (χ3v) is 5.68. The minimum absolute atomic E-state index is 0.0630. The van der Waals surface area contributed by atoms with Crippen molar-refractivity contribution in [3.05, 3.63) is 65.0 Å². The average Bonchev–Trinajstić information content (AvgIpc) is 3.21. The lowest BCUT2D eigenvalue weighted by Gasteiger charge is -2.32. The van der Waals surface area contributed by atoms with Gasteiger partial charge >= 0.3 is 6.18 Å². The molecular formula is C23H22F5N5O3. The van der Waals surface area contributed by atoms with Gasteiger partial charge in [0.1, 0.15) is 30.9 Å². The third kappa shape index (κ3) is 6.07. The number of aromatic nitrogens is 4. The lowest BCUT2D eigenvalue weighted by atomic mass is 10.1. The van der Waals surface area contributed by atoms with Gasteiger partial charge < -0.3 is 14.4 Å². The van der Waals surface area contributed by atoms with Crippen molar-refractivity contribution in [1.82, 2.24) is 24.9 Å². The summed E-state index contributed by atoms with van der Waals surface area (Å²) in [5.41, 5.74) is -1.000. The number of amides is 1. The van der Waals surface area contributed by atoms with E-state index in [0.717, 1.165) is 22.9 Å². The molecule has 8 nitrogen and oxygen atoms in total. The van der Waals surface area contributed by atoms with E-state index in [-0.39, 0.29) is 48.2 Å². The van der Waals surface area contributed by atoms with Crippen LogP contribution in [-0.4, -0.2) is 50.0 Å². The first kappa shape index (κ1) is 25.3. The van der Waals surface area contributed by atoms with E-state index in [4.69, 9.17) is 9.47 Å². The quantitative estimate of drug-likeness (QED) is 0.448. The molecule has 0 atom stereocenters. The van der Waals surface area contributed by atoms with Crippen molar-refractivity contribution in [3.8, 4) is 11.8 Å². The molecule has 2 aromatic heterocycles. The van der Waals surface area contributed by atoms with E-state index in [1.165, 1.54) is 25.1 Å². The molecule has 0 spiro atoms. The second-order valence-electron chi connectivity index (χ2n) is 8.22. The highest BCUT2D eigenvalue weighted by atomic mass is 19.4. The van der Waals surface area contributed by atoms with E-state index in [1.807, 2.05) is 0 Å². The minimum Gasteiger partial charge on any atom is -0.473 e. The molecule has 3 aromatic rings. The molecule has 1 aliphatic heterocycles. The van der Waals surface area contributed by atoms with Gasteiger partial charge in [0.05, 0.1) is 5.56 Å². The van der Waals surface area contributed by atoms with Crippen LogP contribution >= 0.6 is 0 Å². The van der Waals surface area contributed by atoms with Crippen LogP contribution in [0.5, 0.6) is 11.8 Å². The highest BCUT2D eigenvalue weighted by Gasteiger charge is 2.35. The van der Waals surface area contributed by atoms with Crippen LogP contribution in [-0.2, 0) is 24.1 Å². The van der Waals surface area contributed by atoms with Crippen molar-refractivity contribution in [2.45, 2.75) is 45.2 Å². The molecule has 13 heteroatoms. The monoisotopic (exact) mass is 511 g/mol. The Morgan fingerprint density at radius 3 is 2.28 bits per heavy atom. The van der Waals surface area contributed by atoms with E-state index in [2.05, 4.69) is 15.3 Å². The van der Waals surface area contributed by atoms with Gasteiger partial charge in [0.2, 0.25) is 17.7 Å². The van der Waals surface area contributed by atoms with E-state index in [0.29, 0.717) is 25.9 Å². The zero-order chi connectivity index (χ0) is 25.9. The molecule has 3 heterocycles. The van der Waals surface area contributed by atoms with Gasteiger partial charge in [-0.25, -0.2) is 8.78 Å². The van der Waals surface area contributed by atoms with Crippen molar-refractivity contribution < 1.29 is 36.2 Å². The molecule has 1 saturated heterocycles. The number of alkyl halides is 3.